The Kier molecular flexibility index (Phi) is 9.95. The van der Waals surface area contributed by atoms with Gasteiger partial charge in [-0.2, -0.15) is 0 Å². The van der Waals surface area contributed by atoms with Crippen molar-refractivity contribution in [2.24, 2.45) is 17.8 Å². The Balaban J connectivity index is 1.62. The van der Waals surface area contributed by atoms with Gasteiger partial charge in [-0.05, 0) is 134 Å². The van der Waals surface area contributed by atoms with Gasteiger partial charge in [0.05, 0.1) is 0 Å². The fourth-order valence-electron chi connectivity index (χ4n) is 5.52. The van der Waals surface area contributed by atoms with Crippen molar-refractivity contribution in [1.82, 2.24) is 5.32 Å². The van der Waals surface area contributed by atoms with Crippen molar-refractivity contribution in [3.63, 3.8) is 0 Å². The van der Waals surface area contributed by atoms with E-state index in [9.17, 15) is 0 Å². The largest absolute Gasteiger partial charge is 0.358 e. The van der Waals surface area contributed by atoms with Gasteiger partial charge in [-0.3, -0.25) is 0 Å². The number of rotatable bonds is 9. The van der Waals surface area contributed by atoms with Crippen LogP contribution in [0.3, 0.4) is 0 Å². The van der Waals surface area contributed by atoms with E-state index in [0.717, 1.165) is 23.9 Å². The second-order valence-corrected chi connectivity index (χ2v) is 12.1. The topological polar surface area (TPSA) is 24.1 Å². The maximum atomic E-state index is 5.62. The van der Waals surface area contributed by atoms with Crippen LogP contribution < -0.4 is 10.6 Å². The summed E-state index contributed by atoms with van der Waals surface area (Å²) in [5.74, 6) is 2.15. The monoisotopic (exact) mass is 514 g/mol. The Morgan fingerprint density at radius 1 is 0.784 bits per heavy atom. The molecular formula is C34H46N2S. The van der Waals surface area contributed by atoms with Crippen LogP contribution in [0.4, 0.5) is 5.69 Å². The lowest BCUT2D eigenvalue weighted by atomic mass is 9.83. The van der Waals surface area contributed by atoms with E-state index in [1.807, 2.05) is 0 Å². The zero-order chi connectivity index (χ0) is 27.3. The third-order valence-corrected chi connectivity index (χ3v) is 7.74. The summed E-state index contributed by atoms with van der Waals surface area (Å²) in [6, 6.07) is 17.9. The molecule has 2 N–H and O–H groups in total. The first kappa shape index (κ1) is 28.9. The fraction of sp³-hybridized carbons (Fsp3) is 0.441. The lowest BCUT2D eigenvalue weighted by Gasteiger charge is -2.23. The molecule has 3 aromatic rings. The van der Waals surface area contributed by atoms with Gasteiger partial charge >= 0.3 is 0 Å². The highest BCUT2D eigenvalue weighted by molar-refractivity contribution is 7.80. The number of anilines is 1. The molecule has 0 heterocycles. The Morgan fingerprint density at radius 3 is 1.97 bits per heavy atom. The molecule has 3 aromatic carbocycles. The van der Waals surface area contributed by atoms with E-state index in [1.54, 1.807) is 0 Å². The average molecular weight is 515 g/mol. The Hall–Kier alpha value is -2.65. The summed E-state index contributed by atoms with van der Waals surface area (Å²) in [5.41, 5.74) is 12.9. The van der Waals surface area contributed by atoms with Crippen molar-refractivity contribution in [3.8, 4) is 11.1 Å². The zero-order valence-electron chi connectivity index (χ0n) is 24.4. The molecule has 1 atom stereocenters. The molecule has 0 amide bonds. The van der Waals surface area contributed by atoms with Crippen LogP contribution in [-0.2, 0) is 13.0 Å². The number of aryl methyl sites for hydroxylation is 5. The van der Waals surface area contributed by atoms with Crippen LogP contribution in [0.25, 0.3) is 11.1 Å². The molecule has 3 heteroatoms. The molecule has 0 saturated carbocycles. The maximum Gasteiger partial charge on any atom is 0.171 e. The molecule has 0 bridgehead atoms. The summed E-state index contributed by atoms with van der Waals surface area (Å²) >= 11 is 5.62. The minimum Gasteiger partial charge on any atom is -0.358 e. The Bertz CT molecular complexity index is 1200. The quantitative estimate of drug-likeness (QED) is 0.278. The second-order valence-electron chi connectivity index (χ2n) is 11.7. The van der Waals surface area contributed by atoms with Crippen LogP contribution in [-0.4, -0.2) is 5.11 Å². The van der Waals surface area contributed by atoms with Crippen molar-refractivity contribution in [2.45, 2.75) is 81.7 Å². The molecule has 0 spiro atoms. The van der Waals surface area contributed by atoms with Crippen LogP contribution in [0.1, 0.15) is 73.1 Å². The molecule has 1 unspecified atom stereocenters. The summed E-state index contributed by atoms with van der Waals surface area (Å²) in [6.45, 7) is 21.0. The molecule has 0 aliphatic rings. The first-order valence-corrected chi connectivity index (χ1v) is 14.2. The van der Waals surface area contributed by atoms with Crippen molar-refractivity contribution >= 4 is 23.0 Å². The number of nitrogens with one attached hydrogen (secondary N) is 2. The van der Waals surface area contributed by atoms with Crippen molar-refractivity contribution in [3.05, 3.63) is 87.5 Å². The van der Waals surface area contributed by atoms with Crippen LogP contribution in [0, 0.1) is 52.4 Å². The molecule has 0 radical (unpaired) electrons. The summed E-state index contributed by atoms with van der Waals surface area (Å²) in [5, 5.41) is 7.42. The fourth-order valence-corrected chi connectivity index (χ4v) is 5.71. The smallest absolute Gasteiger partial charge is 0.171 e. The van der Waals surface area contributed by atoms with Gasteiger partial charge in [0.2, 0.25) is 0 Å². The van der Waals surface area contributed by atoms with Gasteiger partial charge in [-0.1, -0.05) is 69.7 Å². The molecule has 3 rings (SSSR count). The van der Waals surface area contributed by atoms with E-state index in [0.29, 0.717) is 17.6 Å². The minimum atomic E-state index is 0.652. The van der Waals surface area contributed by atoms with E-state index in [-0.39, 0.29) is 0 Å². The SMILES string of the molecule is Cc1cc(C)c(-c2cc(C)c(CNC(=S)Nc3ccc(CC(CC(C)C)C(C)C)cc3)cc2C)c(C)c1. The van der Waals surface area contributed by atoms with Gasteiger partial charge < -0.3 is 10.6 Å². The predicted molar refractivity (Wildman–Crippen MR) is 167 cm³/mol. The van der Waals surface area contributed by atoms with Crippen LogP contribution in [0.2, 0.25) is 0 Å². The van der Waals surface area contributed by atoms with Crippen molar-refractivity contribution in [1.29, 1.82) is 0 Å². The molecule has 0 aromatic heterocycles. The molecule has 0 aliphatic carbocycles. The standard InChI is InChI=1S/C34H46N2S/c1-21(2)14-29(22(3)4)19-28-10-12-31(13-11-28)36-34(37)35-20-30-17-25(7)32(18-24(30)6)33-26(8)15-23(5)16-27(33)9/h10-13,15-18,21-22,29H,14,19-20H2,1-9H3,(H2,35,36,37). The van der Waals surface area contributed by atoms with E-state index in [2.05, 4.69) is 121 Å². The molecule has 37 heavy (non-hydrogen) atoms. The molecular weight excluding hydrogens is 468 g/mol. The number of benzene rings is 3. The van der Waals surface area contributed by atoms with E-state index < -0.39 is 0 Å². The van der Waals surface area contributed by atoms with Gasteiger partial charge in [0.1, 0.15) is 0 Å². The first-order chi connectivity index (χ1) is 17.4. The van der Waals surface area contributed by atoms with Gasteiger partial charge in [0.25, 0.3) is 0 Å². The number of hydrogen-bond acceptors (Lipinski definition) is 1. The molecule has 198 valence electrons. The highest BCUT2D eigenvalue weighted by Crippen LogP contribution is 2.33. The van der Waals surface area contributed by atoms with Crippen LogP contribution >= 0.6 is 12.2 Å². The third-order valence-electron chi connectivity index (χ3n) is 7.50. The molecule has 0 aliphatic heterocycles. The normalized spacial score (nSPS) is 12.2. The highest BCUT2D eigenvalue weighted by Gasteiger charge is 2.16. The summed E-state index contributed by atoms with van der Waals surface area (Å²) < 4.78 is 0. The van der Waals surface area contributed by atoms with E-state index >= 15 is 0 Å². The summed E-state index contributed by atoms with van der Waals surface area (Å²) in [4.78, 5) is 0. The van der Waals surface area contributed by atoms with Crippen LogP contribution in [0.15, 0.2) is 48.5 Å². The Labute approximate surface area is 231 Å². The predicted octanol–water partition coefficient (Wildman–Crippen LogP) is 9.24. The van der Waals surface area contributed by atoms with Gasteiger partial charge in [-0.25, -0.2) is 0 Å². The van der Waals surface area contributed by atoms with Gasteiger partial charge in [0.15, 0.2) is 5.11 Å². The van der Waals surface area contributed by atoms with Crippen molar-refractivity contribution in [2.75, 3.05) is 5.32 Å². The van der Waals surface area contributed by atoms with E-state index in [1.165, 1.54) is 56.5 Å². The molecule has 2 nitrogen and oxygen atoms in total. The zero-order valence-corrected chi connectivity index (χ0v) is 25.2. The summed E-state index contributed by atoms with van der Waals surface area (Å²) in [7, 11) is 0. The molecule has 0 saturated heterocycles. The molecule has 0 fully saturated rings. The summed E-state index contributed by atoms with van der Waals surface area (Å²) in [6.07, 6.45) is 2.41. The number of thiocarbonyl (C=S) groups is 1. The van der Waals surface area contributed by atoms with Gasteiger partial charge in [-0.15, -0.1) is 0 Å². The lowest BCUT2D eigenvalue weighted by Crippen LogP contribution is -2.28. The highest BCUT2D eigenvalue weighted by atomic mass is 32.1. The third kappa shape index (κ3) is 7.92. The van der Waals surface area contributed by atoms with Crippen molar-refractivity contribution < 1.29 is 0 Å². The average Bonchev–Trinajstić information content (AvgIpc) is 2.80. The minimum absolute atomic E-state index is 0.652. The lowest BCUT2D eigenvalue weighted by molar-refractivity contribution is 0.315. The van der Waals surface area contributed by atoms with Gasteiger partial charge in [0, 0.05) is 12.2 Å². The maximum absolute atomic E-state index is 5.62. The second kappa shape index (κ2) is 12.7. The number of hydrogen-bond donors (Lipinski definition) is 2. The Morgan fingerprint density at radius 2 is 1.41 bits per heavy atom. The first-order valence-electron chi connectivity index (χ1n) is 13.8. The van der Waals surface area contributed by atoms with Crippen LogP contribution in [0.5, 0.6) is 0 Å². The van der Waals surface area contributed by atoms with E-state index in [4.69, 9.17) is 12.2 Å².